The van der Waals surface area contributed by atoms with Crippen LogP contribution in [0.4, 0.5) is 0 Å². The lowest BCUT2D eigenvalue weighted by molar-refractivity contribution is -0.145. The van der Waals surface area contributed by atoms with Crippen molar-refractivity contribution in [2.45, 2.75) is 59.8 Å². The van der Waals surface area contributed by atoms with Gasteiger partial charge in [-0.2, -0.15) is 0 Å². The molecule has 4 nitrogen and oxygen atoms in total. The second-order valence-electron chi connectivity index (χ2n) is 7.47. The summed E-state index contributed by atoms with van der Waals surface area (Å²) >= 11 is 0. The smallest absolute Gasteiger partial charge is 0.313 e. The predicted molar refractivity (Wildman–Crippen MR) is 109 cm³/mol. The molecule has 0 radical (unpaired) electrons. The van der Waals surface area contributed by atoms with Crippen LogP contribution in [0.3, 0.4) is 0 Å². The lowest BCUT2D eigenvalue weighted by Crippen LogP contribution is -2.30. The van der Waals surface area contributed by atoms with Crippen LogP contribution >= 0.6 is 0 Å². The highest BCUT2D eigenvalue weighted by molar-refractivity contribution is 5.76. The summed E-state index contributed by atoms with van der Waals surface area (Å²) in [4.78, 5) is 24.0. The van der Waals surface area contributed by atoms with Gasteiger partial charge in [0.2, 0.25) is 0 Å². The van der Waals surface area contributed by atoms with Crippen molar-refractivity contribution in [3.05, 3.63) is 47.1 Å². The molecule has 0 bridgehead atoms. The maximum atomic E-state index is 12.6. The van der Waals surface area contributed by atoms with Gasteiger partial charge in [0, 0.05) is 12.8 Å². The molecule has 0 fully saturated rings. The van der Waals surface area contributed by atoms with Gasteiger partial charge >= 0.3 is 11.9 Å². The Balaban J connectivity index is 3.29. The van der Waals surface area contributed by atoms with Crippen LogP contribution in [0.25, 0.3) is 0 Å². The fraction of sp³-hybridized carbons (Fsp3) is 0.565. The molecule has 0 saturated heterocycles. The Morgan fingerprint density at radius 2 is 1.93 bits per heavy atom. The van der Waals surface area contributed by atoms with Gasteiger partial charge in [0.15, 0.2) is 0 Å². The van der Waals surface area contributed by atoms with Crippen LogP contribution in [-0.4, -0.2) is 25.7 Å². The van der Waals surface area contributed by atoms with E-state index < -0.39 is 5.92 Å². The van der Waals surface area contributed by atoms with Gasteiger partial charge in [-0.3, -0.25) is 9.59 Å². The molecule has 27 heavy (non-hydrogen) atoms. The predicted octanol–water partition coefficient (Wildman–Crippen LogP) is 5.31. The van der Waals surface area contributed by atoms with Crippen LogP contribution in [0.5, 0.6) is 0 Å². The third-order valence-electron chi connectivity index (χ3n) is 4.93. The summed E-state index contributed by atoms with van der Waals surface area (Å²) in [7, 11) is 1.42. The van der Waals surface area contributed by atoms with Crippen LogP contribution in [0.15, 0.2) is 47.1 Å². The van der Waals surface area contributed by atoms with Gasteiger partial charge in [0.05, 0.1) is 13.0 Å². The first-order chi connectivity index (χ1) is 12.8. The molecule has 1 aliphatic carbocycles. The largest absolute Gasteiger partial charge is 0.469 e. The molecule has 1 aliphatic rings. The Kier molecular flexibility index (Phi) is 9.84. The van der Waals surface area contributed by atoms with E-state index in [1.807, 2.05) is 13.8 Å². The van der Waals surface area contributed by atoms with E-state index >= 15 is 0 Å². The average Bonchev–Trinajstić information content (AvgIpc) is 2.66. The summed E-state index contributed by atoms with van der Waals surface area (Å²) in [5.74, 6) is -1.09. The number of esters is 2. The second kappa shape index (κ2) is 11.6. The van der Waals surface area contributed by atoms with E-state index in [0.717, 1.165) is 43.3 Å². The normalized spacial score (nSPS) is 21.3. The van der Waals surface area contributed by atoms with E-state index in [-0.39, 0.29) is 24.5 Å². The van der Waals surface area contributed by atoms with Crippen molar-refractivity contribution in [3.63, 3.8) is 0 Å². The molecule has 0 heterocycles. The summed E-state index contributed by atoms with van der Waals surface area (Å²) in [6, 6.07) is 0. The topological polar surface area (TPSA) is 52.6 Å². The average molecular weight is 375 g/mol. The maximum Gasteiger partial charge on any atom is 0.313 e. The van der Waals surface area contributed by atoms with E-state index in [1.54, 1.807) is 0 Å². The Bertz CT molecular complexity index is 633. The first kappa shape index (κ1) is 22.9. The molecule has 0 aromatic carbocycles. The summed E-state index contributed by atoms with van der Waals surface area (Å²) < 4.78 is 10.4. The van der Waals surface area contributed by atoms with Gasteiger partial charge in [-0.1, -0.05) is 41.5 Å². The Morgan fingerprint density at radius 3 is 2.52 bits per heavy atom. The van der Waals surface area contributed by atoms with Crippen molar-refractivity contribution in [1.82, 2.24) is 0 Å². The van der Waals surface area contributed by atoms with E-state index in [4.69, 9.17) is 9.47 Å². The molecule has 0 amide bonds. The van der Waals surface area contributed by atoms with Gasteiger partial charge in [-0.15, -0.1) is 0 Å². The molecule has 4 heteroatoms. The Labute approximate surface area is 164 Å². The minimum atomic E-state index is -0.414. The van der Waals surface area contributed by atoms with Gasteiger partial charge in [0.25, 0.3) is 0 Å². The summed E-state index contributed by atoms with van der Waals surface area (Å²) in [5.41, 5.74) is 4.39. The van der Waals surface area contributed by atoms with Crippen LogP contribution in [-0.2, 0) is 19.1 Å². The van der Waals surface area contributed by atoms with Crippen molar-refractivity contribution in [2.75, 3.05) is 13.7 Å². The molecule has 2 unspecified atom stereocenters. The number of ether oxygens (including phenoxy) is 2. The van der Waals surface area contributed by atoms with Crippen molar-refractivity contribution in [3.8, 4) is 0 Å². The molecule has 0 N–H and O–H groups in total. The molecule has 0 aromatic rings. The number of carbonyl (C=O) groups excluding carboxylic acids is 2. The molecule has 2 atom stereocenters. The summed E-state index contributed by atoms with van der Waals surface area (Å²) in [5, 5.41) is 0. The first-order valence-electron chi connectivity index (χ1n) is 9.63. The van der Waals surface area contributed by atoms with Crippen LogP contribution in [0.2, 0.25) is 0 Å². The zero-order chi connectivity index (χ0) is 20.4. The van der Waals surface area contributed by atoms with Gasteiger partial charge in [-0.25, -0.2) is 0 Å². The fourth-order valence-electron chi connectivity index (χ4n) is 3.40. The molecule has 0 aromatic heterocycles. The van der Waals surface area contributed by atoms with Gasteiger partial charge in [0.1, 0.15) is 6.61 Å². The Morgan fingerprint density at radius 1 is 1.22 bits per heavy atom. The minimum absolute atomic E-state index is 0.0867. The highest BCUT2D eigenvalue weighted by atomic mass is 16.5. The summed E-state index contributed by atoms with van der Waals surface area (Å²) in [6.07, 6.45) is 10.5. The third-order valence-corrected chi connectivity index (χ3v) is 4.93. The molecular formula is C23H34O4. The first-order valence-corrected chi connectivity index (χ1v) is 9.63. The van der Waals surface area contributed by atoms with Crippen molar-refractivity contribution in [2.24, 2.45) is 11.8 Å². The van der Waals surface area contributed by atoms with Crippen LogP contribution in [0.1, 0.15) is 59.8 Å². The summed E-state index contributed by atoms with van der Waals surface area (Å²) in [6.45, 7) is 12.0. The number of allylic oxidation sites excluding steroid dienone is 5. The molecular weight excluding hydrogens is 340 g/mol. The Hall–Kier alpha value is -2.10. The maximum absolute atomic E-state index is 12.6. The van der Waals surface area contributed by atoms with E-state index in [0.29, 0.717) is 0 Å². The molecule has 150 valence electrons. The van der Waals surface area contributed by atoms with Crippen LogP contribution in [0, 0.1) is 11.8 Å². The van der Waals surface area contributed by atoms with Crippen molar-refractivity contribution < 1.29 is 19.1 Å². The number of methoxy groups -OCH3 is 1. The highest BCUT2D eigenvalue weighted by Gasteiger charge is 2.34. The standard InChI is InChI=1S/C23H34O4/c1-16(2)9-7-12-20(15-27-19(5)24)21-14-13-17(3)10-8-11-18(4)22(21)23(25)26-6/h9-10,12,21-22H,4,7-8,11,13-15H2,1-3,5-6H3. The number of rotatable bonds is 6. The van der Waals surface area contributed by atoms with Crippen molar-refractivity contribution >= 4 is 11.9 Å². The fourth-order valence-corrected chi connectivity index (χ4v) is 3.40. The zero-order valence-corrected chi connectivity index (χ0v) is 17.5. The van der Waals surface area contributed by atoms with Gasteiger partial charge in [-0.05, 0) is 58.4 Å². The quantitative estimate of drug-likeness (QED) is 0.467. The highest BCUT2D eigenvalue weighted by Crippen LogP contribution is 2.36. The van der Waals surface area contributed by atoms with E-state index in [1.165, 1.54) is 25.2 Å². The minimum Gasteiger partial charge on any atom is -0.469 e. The van der Waals surface area contributed by atoms with Crippen molar-refractivity contribution in [1.29, 1.82) is 0 Å². The molecule has 0 saturated carbocycles. The zero-order valence-electron chi connectivity index (χ0n) is 17.5. The lowest BCUT2D eigenvalue weighted by Gasteiger charge is -2.29. The monoisotopic (exact) mass is 374 g/mol. The number of carbonyl (C=O) groups is 2. The van der Waals surface area contributed by atoms with E-state index in [2.05, 4.69) is 31.7 Å². The molecule has 1 rings (SSSR count). The number of hydrogen-bond acceptors (Lipinski definition) is 4. The van der Waals surface area contributed by atoms with Gasteiger partial charge < -0.3 is 9.47 Å². The van der Waals surface area contributed by atoms with Crippen LogP contribution < -0.4 is 0 Å². The third kappa shape index (κ3) is 7.98. The lowest BCUT2D eigenvalue weighted by atomic mass is 9.77. The number of hydrogen-bond donors (Lipinski definition) is 0. The molecule has 0 aliphatic heterocycles. The molecule has 0 spiro atoms. The second-order valence-corrected chi connectivity index (χ2v) is 7.47. The van der Waals surface area contributed by atoms with E-state index in [9.17, 15) is 9.59 Å². The SMILES string of the molecule is C=C1CCC=C(C)CCC(C(=CCC=C(C)C)COC(C)=O)C1C(=O)OC.